The van der Waals surface area contributed by atoms with Crippen molar-refractivity contribution >= 4 is 27.7 Å². The van der Waals surface area contributed by atoms with Gasteiger partial charge in [0.15, 0.2) is 0 Å². The SMILES string of the molecule is O=C1OCCN1Cc1cccc([N+](=O)[O-])c1Br. The number of rotatable bonds is 3. The van der Waals surface area contributed by atoms with Crippen LogP contribution in [0.15, 0.2) is 22.7 Å². The number of ether oxygens (including phenoxy) is 1. The average molecular weight is 301 g/mol. The number of nitrogens with zero attached hydrogens (tertiary/aromatic N) is 2. The van der Waals surface area contributed by atoms with Crippen molar-refractivity contribution in [1.82, 2.24) is 4.90 Å². The quantitative estimate of drug-likeness (QED) is 0.634. The van der Waals surface area contributed by atoms with E-state index in [4.69, 9.17) is 4.74 Å². The molecule has 6 nitrogen and oxygen atoms in total. The molecule has 0 radical (unpaired) electrons. The molecule has 7 heteroatoms. The third kappa shape index (κ3) is 2.38. The topological polar surface area (TPSA) is 72.7 Å². The van der Waals surface area contributed by atoms with Gasteiger partial charge in [-0.2, -0.15) is 0 Å². The maximum atomic E-state index is 11.3. The van der Waals surface area contributed by atoms with E-state index in [1.165, 1.54) is 11.0 Å². The van der Waals surface area contributed by atoms with Crippen LogP contribution in [-0.2, 0) is 11.3 Å². The van der Waals surface area contributed by atoms with Crippen LogP contribution in [0.3, 0.4) is 0 Å². The van der Waals surface area contributed by atoms with Gasteiger partial charge in [-0.05, 0) is 21.5 Å². The number of carbonyl (C=O) groups excluding carboxylic acids is 1. The molecule has 17 heavy (non-hydrogen) atoms. The third-order valence-electron chi connectivity index (χ3n) is 2.46. The molecule has 1 fully saturated rings. The second-order valence-corrected chi connectivity index (χ2v) is 4.34. The smallest absolute Gasteiger partial charge is 0.410 e. The van der Waals surface area contributed by atoms with E-state index in [-0.39, 0.29) is 11.8 Å². The molecule has 1 heterocycles. The van der Waals surface area contributed by atoms with E-state index in [1.54, 1.807) is 12.1 Å². The molecule has 90 valence electrons. The van der Waals surface area contributed by atoms with E-state index >= 15 is 0 Å². The molecular weight excluding hydrogens is 292 g/mol. The monoisotopic (exact) mass is 300 g/mol. The average Bonchev–Trinajstić information content (AvgIpc) is 2.67. The lowest BCUT2D eigenvalue weighted by atomic mass is 10.2. The molecule has 0 bridgehead atoms. The largest absolute Gasteiger partial charge is 0.448 e. The highest BCUT2D eigenvalue weighted by atomic mass is 79.9. The molecule has 0 N–H and O–H groups in total. The van der Waals surface area contributed by atoms with Crippen molar-refractivity contribution in [1.29, 1.82) is 0 Å². The second-order valence-electron chi connectivity index (χ2n) is 3.54. The molecule has 1 amide bonds. The predicted octanol–water partition coefficient (Wildman–Crippen LogP) is 2.31. The van der Waals surface area contributed by atoms with Gasteiger partial charge in [0.05, 0.1) is 18.0 Å². The van der Waals surface area contributed by atoms with E-state index in [2.05, 4.69) is 15.9 Å². The van der Waals surface area contributed by atoms with Gasteiger partial charge >= 0.3 is 6.09 Å². The van der Waals surface area contributed by atoms with Crippen LogP contribution in [0.25, 0.3) is 0 Å². The van der Waals surface area contributed by atoms with Crippen LogP contribution in [0.5, 0.6) is 0 Å². The molecule has 1 aliphatic rings. The van der Waals surface area contributed by atoms with Crippen LogP contribution >= 0.6 is 15.9 Å². The Morgan fingerprint density at radius 1 is 1.53 bits per heavy atom. The zero-order valence-corrected chi connectivity index (χ0v) is 10.3. The minimum Gasteiger partial charge on any atom is -0.448 e. The fourth-order valence-corrected chi connectivity index (χ4v) is 2.14. The summed E-state index contributed by atoms with van der Waals surface area (Å²) in [7, 11) is 0. The van der Waals surface area contributed by atoms with Crippen molar-refractivity contribution in [3.63, 3.8) is 0 Å². The first-order valence-corrected chi connectivity index (χ1v) is 5.72. The highest BCUT2D eigenvalue weighted by molar-refractivity contribution is 9.10. The summed E-state index contributed by atoms with van der Waals surface area (Å²) in [5, 5.41) is 10.7. The van der Waals surface area contributed by atoms with Crippen molar-refractivity contribution < 1.29 is 14.5 Å². The number of hydrogen-bond acceptors (Lipinski definition) is 4. The molecule has 0 unspecified atom stereocenters. The van der Waals surface area contributed by atoms with E-state index < -0.39 is 4.92 Å². The molecule has 2 rings (SSSR count). The Bertz CT molecular complexity index is 477. The fraction of sp³-hybridized carbons (Fsp3) is 0.300. The number of carbonyl (C=O) groups is 1. The standard InChI is InChI=1S/C10H9BrN2O4/c11-9-7(2-1-3-8(9)13(15)16)6-12-4-5-17-10(12)14/h1-3H,4-6H2. The van der Waals surface area contributed by atoms with Gasteiger partial charge in [0, 0.05) is 6.07 Å². The zero-order valence-electron chi connectivity index (χ0n) is 8.76. The molecule has 0 saturated carbocycles. The highest BCUT2D eigenvalue weighted by Crippen LogP contribution is 2.29. The maximum Gasteiger partial charge on any atom is 0.410 e. The molecule has 1 saturated heterocycles. The molecule has 0 atom stereocenters. The van der Waals surface area contributed by atoms with Crippen LogP contribution in [0, 0.1) is 10.1 Å². The summed E-state index contributed by atoms with van der Waals surface area (Å²) in [6.45, 7) is 1.18. The molecule has 0 spiro atoms. The normalized spacial score (nSPS) is 14.9. The minimum atomic E-state index is -0.462. The van der Waals surface area contributed by atoms with E-state index in [9.17, 15) is 14.9 Å². The van der Waals surface area contributed by atoms with Crippen molar-refractivity contribution in [2.24, 2.45) is 0 Å². The Kier molecular flexibility index (Phi) is 3.28. The number of benzene rings is 1. The summed E-state index contributed by atoms with van der Waals surface area (Å²) in [6.07, 6.45) is -0.386. The first kappa shape index (κ1) is 11.8. The van der Waals surface area contributed by atoms with Crippen molar-refractivity contribution in [3.05, 3.63) is 38.3 Å². The number of cyclic esters (lactones) is 1. The Labute approximate surface area is 105 Å². The van der Waals surface area contributed by atoms with Gasteiger partial charge in [0.25, 0.3) is 5.69 Å². The van der Waals surface area contributed by atoms with E-state index in [0.29, 0.717) is 29.7 Å². The number of halogens is 1. The summed E-state index contributed by atoms with van der Waals surface area (Å²) in [5.41, 5.74) is 0.688. The van der Waals surface area contributed by atoms with Gasteiger partial charge in [0.2, 0.25) is 0 Å². The highest BCUT2D eigenvalue weighted by Gasteiger charge is 2.24. The summed E-state index contributed by atoms with van der Waals surface area (Å²) < 4.78 is 5.20. The first-order valence-electron chi connectivity index (χ1n) is 4.93. The number of amides is 1. The lowest BCUT2D eigenvalue weighted by molar-refractivity contribution is -0.385. The Morgan fingerprint density at radius 3 is 2.88 bits per heavy atom. The molecule has 0 aliphatic carbocycles. The molecule has 0 aromatic heterocycles. The van der Waals surface area contributed by atoms with Gasteiger partial charge < -0.3 is 9.64 Å². The van der Waals surface area contributed by atoms with E-state index in [1.807, 2.05) is 0 Å². The number of hydrogen-bond donors (Lipinski definition) is 0. The van der Waals surface area contributed by atoms with Crippen LogP contribution in [0.2, 0.25) is 0 Å². The van der Waals surface area contributed by atoms with E-state index in [0.717, 1.165) is 0 Å². The predicted molar refractivity (Wildman–Crippen MR) is 62.6 cm³/mol. The van der Waals surface area contributed by atoms with Crippen molar-refractivity contribution in [2.75, 3.05) is 13.2 Å². The van der Waals surface area contributed by atoms with Crippen LogP contribution in [0.4, 0.5) is 10.5 Å². The lowest BCUT2D eigenvalue weighted by Crippen LogP contribution is -2.23. The molecule has 1 aliphatic heterocycles. The maximum absolute atomic E-state index is 11.3. The van der Waals surface area contributed by atoms with Crippen LogP contribution < -0.4 is 0 Å². The minimum absolute atomic E-state index is 0.00457. The number of nitro benzene ring substituents is 1. The number of nitro groups is 1. The molecule has 1 aromatic rings. The van der Waals surface area contributed by atoms with Gasteiger partial charge in [-0.25, -0.2) is 4.79 Å². The summed E-state index contributed by atoms with van der Waals surface area (Å²) >= 11 is 3.19. The summed E-state index contributed by atoms with van der Waals surface area (Å²) in [5.74, 6) is 0. The Morgan fingerprint density at radius 2 is 2.29 bits per heavy atom. The molecular formula is C10H9BrN2O4. The van der Waals surface area contributed by atoms with Gasteiger partial charge in [0.1, 0.15) is 11.1 Å². The molecule has 1 aromatic carbocycles. The zero-order chi connectivity index (χ0) is 12.4. The van der Waals surface area contributed by atoms with Crippen LogP contribution in [0.1, 0.15) is 5.56 Å². The Hall–Kier alpha value is -1.63. The summed E-state index contributed by atoms with van der Waals surface area (Å²) in [6, 6.07) is 4.75. The Balaban J connectivity index is 2.24. The van der Waals surface area contributed by atoms with Gasteiger partial charge in [-0.3, -0.25) is 10.1 Å². The third-order valence-corrected chi connectivity index (χ3v) is 3.38. The van der Waals surface area contributed by atoms with Crippen molar-refractivity contribution in [2.45, 2.75) is 6.54 Å². The van der Waals surface area contributed by atoms with Crippen LogP contribution in [-0.4, -0.2) is 29.1 Å². The second kappa shape index (κ2) is 4.70. The van der Waals surface area contributed by atoms with Gasteiger partial charge in [-0.1, -0.05) is 12.1 Å². The lowest BCUT2D eigenvalue weighted by Gasteiger charge is -2.13. The van der Waals surface area contributed by atoms with Gasteiger partial charge in [-0.15, -0.1) is 0 Å². The summed E-state index contributed by atoms with van der Waals surface area (Å²) in [4.78, 5) is 23.1. The fourth-order valence-electron chi connectivity index (χ4n) is 1.60. The van der Waals surface area contributed by atoms with Crippen molar-refractivity contribution in [3.8, 4) is 0 Å². The first-order chi connectivity index (χ1) is 8.09.